The Labute approximate surface area is 193 Å². The lowest BCUT2D eigenvalue weighted by Crippen LogP contribution is -2.56. The minimum absolute atomic E-state index is 0.0425. The van der Waals surface area contributed by atoms with E-state index in [0.717, 1.165) is 38.9 Å². The first-order valence-electron chi connectivity index (χ1n) is 12.9. The van der Waals surface area contributed by atoms with Gasteiger partial charge in [0.1, 0.15) is 5.54 Å². The number of carbonyl (C=O) groups is 2. The summed E-state index contributed by atoms with van der Waals surface area (Å²) in [5, 5.41) is 13.1. The number of amides is 2. The summed E-state index contributed by atoms with van der Waals surface area (Å²) in [5.41, 5.74) is -0.799. The smallest absolute Gasteiger partial charge is 0.224 e. The number of ether oxygens (including phenoxy) is 1. The van der Waals surface area contributed by atoms with Crippen molar-refractivity contribution < 1.29 is 14.3 Å². The molecule has 1 saturated carbocycles. The number of hydrogen-bond acceptors (Lipinski definition) is 5. The normalized spacial score (nSPS) is 23.3. The molecule has 3 fully saturated rings. The fourth-order valence-corrected chi connectivity index (χ4v) is 5.47. The Morgan fingerprint density at radius 2 is 1.81 bits per heavy atom. The number of nitriles is 1. The van der Waals surface area contributed by atoms with Gasteiger partial charge in [-0.3, -0.25) is 9.59 Å². The van der Waals surface area contributed by atoms with Crippen LogP contribution < -0.4 is 5.32 Å². The van der Waals surface area contributed by atoms with E-state index in [9.17, 15) is 14.9 Å². The van der Waals surface area contributed by atoms with Crippen LogP contribution in [0, 0.1) is 23.2 Å². The quantitative estimate of drug-likeness (QED) is 0.588. The van der Waals surface area contributed by atoms with Crippen LogP contribution in [0.4, 0.5) is 0 Å². The first-order chi connectivity index (χ1) is 15.5. The molecule has 2 amide bonds. The molecule has 2 saturated heterocycles. The Morgan fingerprint density at radius 1 is 1.12 bits per heavy atom. The molecular formula is C25H42N4O3. The molecule has 0 aromatic carbocycles. The van der Waals surface area contributed by atoms with Crippen LogP contribution in [0.5, 0.6) is 0 Å². The first kappa shape index (κ1) is 25.0. The van der Waals surface area contributed by atoms with E-state index in [4.69, 9.17) is 4.74 Å². The molecule has 3 rings (SSSR count). The van der Waals surface area contributed by atoms with Crippen LogP contribution in [-0.4, -0.2) is 73.1 Å². The predicted molar refractivity (Wildman–Crippen MR) is 124 cm³/mol. The van der Waals surface area contributed by atoms with Crippen molar-refractivity contribution in [1.82, 2.24) is 15.1 Å². The summed E-state index contributed by atoms with van der Waals surface area (Å²) in [6, 6.07) is 2.42. The molecule has 7 heteroatoms. The lowest BCUT2D eigenvalue weighted by Gasteiger charge is -2.38. The molecule has 1 unspecified atom stereocenters. The van der Waals surface area contributed by atoms with Crippen molar-refractivity contribution in [2.45, 2.75) is 83.1 Å². The standard InChI is InChI=1S/C25H42N4O3/c1-2-12-28-13-10-25(20-26,11-14-28)27-24(31)22(9-8-21-6-4-3-5-7-21)19-23(30)29-15-17-32-18-16-29/h21-22H,2-19H2,1H3,(H,27,31). The van der Waals surface area contributed by atoms with Crippen molar-refractivity contribution in [1.29, 1.82) is 5.26 Å². The topological polar surface area (TPSA) is 85.7 Å². The van der Waals surface area contributed by atoms with Crippen molar-refractivity contribution in [2.24, 2.45) is 11.8 Å². The molecule has 0 radical (unpaired) electrons. The van der Waals surface area contributed by atoms with Gasteiger partial charge in [-0.15, -0.1) is 0 Å². The summed E-state index contributed by atoms with van der Waals surface area (Å²) in [4.78, 5) is 30.5. The average Bonchev–Trinajstić information content (AvgIpc) is 2.84. The van der Waals surface area contributed by atoms with Gasteiger partial charge in [-0.05, 0) is 44.6 Å². The van der Waals surface area contributed by atoms with Crippen LogP contribution in [-0.2, 0) is 14.3 Å². The number of nitrogens with one attached hydrogen (secondary N) is 1. The van der Waals surface area contributed by atoms with Gasteiger partial charge in [0.05, 0.1) is 19.3 Å². The Morgan fingerprint density at radius 3 is 2.44 bits per heavy atom. The third-order valence-electron chi connectivity index (χ3n) is 7.63. The molecule has 2 heterocycles. The summed E-state index contributed by atoms with van der Waals surface area (Å²) < 4.78 is 5.37. The minimum Gasteiger partial charge on any atom is -0.378 e. The number of morpholine rings is 1. The number of carbonyl (C=O) groups excluding carboxylic acids is 2. The molecule has 1 N–H and O–H groups in total. The predicted octanol–water partition coefficient (Wildman–Crippen LogP) is 3.10. The van der Waals surface area contributed by atoms with Gasteiger partial charge in [-0.2, -0.15) is 5.26 Å². The van der Waals surface area contributed by atoms with E-state index in [0.29, 0.717) is 45.1 Å². The van der Waals surface area contributed by atoms with Crippen LogP contribution in [0.25, 0.3) is 0 Å². The molecular weight excluding hydrogens is 404 g/mol. The molecule has 0 aromatic heterocycles. The first-order valence-corrected chi connectivity index (χ1v) is 12.9. The van der Waals surface area contributed by atoms with Crippen molar-refractivity contribution in [3.8, 4) is 6.07 Å². The Kier molecular flexibility index (Phi) is 9.80. The second-order valence-electron chi connectivity index (χ2n) is 10.0. The van der Waals surface area contributed by atoms with E-state index in [1.165, 1.54) is 32.1 Å². The maximum atomic E-state index is 13.4. The van der Waals surface area contributed by atoms with Crippen LogP contribution in [0.15, 0.2) is 0 Å². The summed E-state index contributed by atoms with van der Waals surface area (Å²) in [6.07, 6.45) is 10.7. The Balaban J connectivity index is 1.61. The molecule has 1 aliphatic carbocycles. The Bertz CT molecular complexity index is 642. The fraction of sp³-hybridized carbons (Fsp3) is 0.880. The van der Waals surface area contributed by atoms with Gasteiger partial charge in [-0.1, -0.05) is 39.0 Å². The van der Waals surface area contributed by atoms with Gasteiger partial charge in [-0.25, -0.2) is 0 Å². The molecule has 3 aliphatic rings. The fourth-order valence-electron chi connectivity index (χ4n) is 5.47. The van der Waals surface area contributed by atoms with E-state index < -0.39 is 5.54 Å². The number of piperidine rings is 1. The third kappa shape index (κ3) is 7.18. The van der Waals surface area contributed by atoms with E-state index in [1.807, 2.05) is 4.90 Å². The van der Waals surface area contributed by atoms with Gasteiger partial charge >= 0.3 is 0 Å². The largest absolute Gasteiger partial charge is 0.378 e. The maximum absolute atomic E-state index is 13.4. The van der Waals surface area contributed by atoms with Crippen LogP contribution in [0.3, 0.4) is 0 Å². The number of hydrogen-bond donors (Lipinski definition) is 1. The van der Waals surface area contributed by atoms with E-state index in [-0.39, 0.29) is 24.2 Å². The van der Waals surface area contributed by atoms with Gasteiger partial charge in [0.25, 0.3) is 0 Å². The molecule has 0 aromatic rings. The highest BCUT2D eigenvalue weighted by atomic mass is 16.5. The maximum Gasteiger partial charge on any atom is 0.224 e. The molecule has 7 nitrogen and oxygen atoms in total. The monoisotopic (exact) mass is 446 g/mol. The van der Waals surface area contributed by atoms with Crippen molar-refractivity contribution in [3.05, 3.63) is 0 Å². The highest BCUT2D eigenvalue weighted by Gasteiger charge is 2.38. The number of likely N-dealkylation sites (tertiary alicyclic amines) is 1. The molecule has 180 valence electrons. The average molecular weight is 447 g/mol. The molecule has 32 heavy (non-hydrogen) atoms. The molecule has 0 bridgehead atoms. The second-order valence-corrected chi connectivity index (χ2v) is 10.0. The second kappa shape index (κ2) is 12.6. The zero-order chi connectivity index (χ0) is 22.8. The van der Waals surface area contributed by atoms with Crippen molar-refractivity contribution >= 4 is 11.8 Å². The zero-order valence-electron chi connectivity index (χ0n) is 19.9. The summed E-state index contributed by atoms with van der Waals surface area (Å²) in [5.74, 6) is 0.250. The highest BCUT2D eigenvalue weighted by Crippen LogP contribution is 2.30. The molecule has 1 atom stereocenters. The van der Waals surface area contributed by atoms with Gasteiger partial charge in [0.15, 0.2) is 0 Å². The number of nitrogens with zero attached hydrogens (tertiary/aromatic N) is 3. The Hall–Kier alpha value is -1.65. The minimum atomic E-state index is -0.799. The van der Waals surface area contributed by atoms with Crippen LogP contribution >= 0.6 is 0 Å². The highest BCUT2D eigenvalue weighted by molar-refractivity contribution is 5.86. The summed E-state index contributed by atoms with van der Waals surface area (Å²) in [7, 11) is 0. The number of rotatable bonds is 9. The van der Waals surface area contributed by atoms with Crippen molar-refractivity contribution in [3.63, 3.8) is 0 Å². The summed E-state index contributed by atoms with van der Waals surface area (Å²) >= 11 is 0. The zero-order valence-corrected chi connectivity index (χ0v) is 19.9. The van der Waals surface area contributed by atoms with Gasteiger partial charge in [0.2, 0.25) is 11.8 Å². The lowest BCUT2D eigenvalue weighted by molar-refractivity contribution is -0.140. The van der Waals surface area contributed by atoms with Gasteiger partial charge in [0, 0.05) is 38.5 Å². The molecule has 2 aliphatic heterocycles. The van der Waals surface area contributed by atoms with E-state index in [2.05, 4.69) is 23.2 Å². The third-order valence-corrected chi connectivity index (χ3v) is 7.63. The van der Waals surface area contributed by atoms with Crippen LogP contribution in [0.1, 0.15) is 77.6 Å². The summed E-state index contributed by atoms with van der Waals surface area (Å²) in [6.45, 7) is 7.20. The SMILES string of the molecule is CCCN1CCC(C#N)(NC(=O)C(CCC2CCCCC2)CC(=O)N2CCOCC2)CC1. The van der Waals surface area contributed by atoms with E-state index in [1.54, 1.807) is 0 Å². The lowest BCUT2D eigenvalue weighted by atomic mass is 9.82. The van der Waals surface area contributed by atoms with Gasteiger partial charge < -0.3 is 19.9 Å². The van der Waals surface area contributed by atoms with E-state index >= 15 is 0 Å². The molecule has 0 spiro atoms. The van der Waals surface area contributed by atoms with Crippen molar-refractivity contribution in [2.75, 3.05) is 45.9 Å². The van der Waals surface area contributed by atoms with Crippen LogP contribution in [0.2, 0.25) is 0 Å².